The van der Waals surface area contributed by atoms with Gasteiger partial charge in [0.2, 0.25) is 11.8 Å². The monoisotopic (exact) mass is 422 g/mol. The molecule has 1 spiro atoms. The van der Waals surface area contributed by atoms with Crippen LogP contribution >= 0.6 is 15.9 Å². The lowest BCUT2D eigenvalue weighted by atomic mass is 9.71. The lowest BCUT2D eigenvalue weighted by Crippen LogP contribution is -2.43. The molecule has 0 saturated heterocycles. The molecule has 2 amide bonds. The van der Waals surface area contributed by atoms with Crippen LogP contribution in [-0.4, -0.2) is 21.6 Å². The van der Waals surface area contributed by atoms with Crippen molar-refractivity contribution in [3.63, 3.8) is 0 Å². The van der Waals surface area contributed by atoms with Gasteiger partial charge in [-0.3, -0.25) is 9.59 Å². The summed E-state index contributed by atoms with van der Waals surface area (Å²) in [5.41, 5.74) is 2.75. The van der Waals surface area contributed by atoms with Gasteiger partial charge in [0.25, 0.3) is 0 Å². The fraction of sp³-hybridized carbons (Fsp3) is 0.150. The number of rotatable bonds is 1. The summed E-state index contributed by atoms with van der Waals surface area (Å²) < 4.78 is 2.56. The average molecular weight is 423 g/mol. The number of nitrogens with one attached hydrogen (secondary N) is 2. The molecule has 2 aliphatic heterocycles. The number of fused-ring (bicyclic) bond motifs is 4. The van der Waals surface area contributed by atoms with Crippen LogP contribution in [0.1, 0.15) is 23.2 Å². The molecule has 6 nitrogen and oxygen atoms in total. The maximum absolute atomic E-state index is 13.2. The first-order valence-electron chi connectivity index (χ1n) is 8.57. The normalized spacial score (nSPS) is 20.2. The van der Waals surface area contributed by atoms with Crippen LogP contribution in [0.25, 0.3) is 5.69 Å². The quantitative estimate of drug-likeness (QED) is 0.629. The Bertz CT molecular complexity index is 1120. The summed E-state index contributed by atoms with van der Waals surface area (Å²) in [6.07, 6.45) is 0.0522. The number of benzene rings is 2. The number of nitrogens with zero attached hydrogens (tertiary/aromatic N) is 2. The van der Waals surface area contributed by atoms with E-state index < -0.39 is 5.41 Å². The number of carbonyl (C=O) groups is 2. The summed E-state index contributed by atoms with van der Waals surface area (Å²) in [5.74, 6) is 0.155. The molecule has 0 saturated carbocycles. The SMILES string of the molecule is Cc1nn(-c2ccccc2)c2c1C1(CC(=O)N2)C(=O)Nc2ccc(Br)cc21. The standard InChI is InChI=1S/C20H15BrN4O2/c1-11-17-18(25(24-11)13-5-3-2-4-6-13)23-16(26)10-20(17)14-9-12(21)7-8-15(14)22-19(20)27/h2-9H,10H2,1H3,(H,22,27)(H,23,26). The number of hydrogen-bond acceptors (Lipinski definition) is 3. The minimum Gasteiger partial charge on any atom is -0.325 e. The van der Waals surface area contributed by atoms with Crippen LogP contribution in [0.3, 0.4) is 0 Å². The highest BCUT2D eigenvalue weighted by atomic mass is 79.9. The minimum absolute atomic E-state index is 0.0522. The zero-order valence-corrected chi connectivity index (χ0v) is 16.0. The van der Waals surface area contributed by atoms with Crippen molar-refractivity contribution in [2.24, 2.45) is 0 Å². The van der Waals surface area contributed by atoms with Crippen molar-refractivity contribution in [1.29, 1.82) is 0 Å². The van der Waals surface area contributed by atoms with Crippen LogP contribution in [0.4, 0.5) is 11.5 Å². The van der Waals surface area contributed by atoms with E-state index in [1.165, 1.54) is 0 Å². The molecule has 7 heteroatoms. The Kier molecular flexibility index (Phi) is 3.33. The van der Waals surface area contributed by atoms with Crippen LogP contribution < -0.4 is 10.6 Å². The molecule has 134 valence electrons. The molecule has 0 aliphatic carbocycles. The number of aryl methyl sites for hydroxylation is 1. The fourth-order valence-corrected chi connectivity index (χ4v) is 4.53. The zero-order valence-electron chi connectivity index (χ0n) is 14.4. The third-order valence-corrected chi connectivity index (χ3v) is 5.74. The van der Waals surface area contributed by atoms with Gasteiger partial charge in [-0.1, -0.05) is 34.1 Å². The molecule has 2 N–H and O–H groups in total. The molecule has 3 heterocycles. The molecule has 1 atom stereocenters. The number of carbonyl (C=O) groups excluding carboxylic acids is 2. The Morgan fingerprint density at radius 1 is 1.11 bits per heavy atom. The van der Waals surface area contributed by atoms with E-state index in [2.05, 4.69) is 31.7 Å². The lowest BCUT2D eigenvalue weighted by Gasteiger charge is -2.32. The topological polar surface area (TPSA) is 76.0 Å². The molecule has 2 aliphatic rings. The Labute approximate surface area is 163 Å². The second-order valence-corrected chi connectivity index (χ2v) is 7.75. The summed E-state index contributed by atoms with van der Waals surface area (Å²) in [5, 5.41) is 10.5. The molecular weight excluding hydrogens is 408 g/mol. The van der Waals surface area contributed by atoms with Crippen molar-refractivity contribution in [3.8, 4) is 5.69 Å². The first-order valence-corrected chi connectivity index (χ1v) is 9.37. The van der Waals surface area contributed by atoms with E-state index in [9.17, 15) is 9.59 Å². The first kappa shape index (κ1) is 16.3. The molecule has 5 rings (SSSR count). The molecule has 3 aromatic rings. The number of hydrogen-bond donors (Lipinski definition) is 2. The Morgan fingerprint density at radius 2 is 1.89 bits per heavy atom. The van der Waals surface area contributed by atoms with Crippen molar-refractivity contribution in [2.45, 2.75) is 18.8 Å². The smallest absolute Gasteiger partial charge is 0.240 e. The van der Waals surface area contributed by atoms with Gasteiger partial charge < -0.3 is 10.6 Å². The molecule has 1 aromatic heterocycles. The summed E-state index contributed by atoms with van der Waals surface area (Å²) in [6, 6.07) is 15.2. The molecule has 0 radical (unpaired) electrons. The molecular formula is C20H15BrN4O2. The minimum atomic E-state index is -1.08. The summed E-state index contributed by atoms with van der Waals surface area (Å²) in [4.78, 5) is 25.9. The van der Waals surface area contributed by atoms with Crippen molar-refractivity contribution in [1.82, 2.24) is 9.78 Å². The second-order valence-electron chi connectivity index (χ2n) is 6.83. The maximum Gasteiger partial charge on any atom is 0.240 e. The van der Waals surface area contributed by atoms with E-state index in [0.29, 0.717) is 5.82 Å². The summed E-state index contributed by atoms with van der Waals surface area (Å²) >= 11 is 3.49. The number of aromatic nitrogens is 2. The Hall–Kier alpha value is -2.93. The highest BCUT2D eigenvalue weighted by molar-refractivity contribution is 9.10. The van der Waals surface area contributed by atoms with Crippen LogP contribution in [0, 0.1) is 6.92 Å². The fourth-order valence-electron chi connectivity index (χ4n) is 4.17. The maximum atomic E-state index is 13.2. The number of para-hydroxylation sites is 1. The summed E-state index contributed by atoms with van der Waals surface area (Å²) in [6.45, 7) is 1.88. The van der Waals surface area contributed by atoms with Gasteiger partial charge >= 0.3 is 0 Å². The molecule has 27 heavy (non-hydrogen) atoms. The number of halogens is 1. The van der Waals surface area contributed by atoms with Gasteiger partial charge in [-0.15, -0.1) is 0 Å². The number of amides is 2. The second kappa shape index (κ2) is 5.53. The van der Waals surface area contributed by atoms with Crippen LogP contribution in [0.15, 0.2) is 53.0 Å². The highest BCUT2D eigenvalue weighted by Gasteiger charge is 2.55. The third kappa shape index (κ3) is 2.15. The first-order chi connectivity index (χ1) is 13.0. The lowest BCUT2D eigenvalue weighted by molar-refractivity contribution is -0.125. The highest BCUT2D eigenvalue weighted by Crippen LogP contribution is 2.51. The van der Waals surface area contributed by atoms with Crippen molar-refractivity contribution < 1.29 is 9.59 Å². The van der Waals surface area contributed by atoms with E-state index in [1.54, 1.807) is 4.68 Å². The van der Waals surface area contributed by atoms with Crippen molar-refractivity contribution >= 4 is 39.2 Å². The van der Waals surface area contributed by atoms with E-state index in [1.807, 2.05) is 55.5 Å². The Morgan fingerprint density at radius 3 is 2.67 bits per heavy atom. The number of anilines is 2. The van der Waals surface area contributed by atoms with E-state index in [-0.39, 0.29) is 18.2 Å². The van der Waals surface area contributed by atoms with Gasteiger partial charge in [-0.25, -0.2) is 4.68 Å². The van der Waals surface area contributed by atoms with Gasteiger partial charge in [0.15, 0.2) is 0 Å². The van der Waals surface area contributed by atoms with Crippen LogP contribution in [0.2, 0.25) is 0 Å². The van der Waals surface area contributed by atoms with Gasteiger partial charge in [-0.2, -0.15) is 5.10 Å². The average Bonchev–Trinajstić information content (AvgIpc) is 3.12. The molecule has 0 bridgehead atoms. The van der Waals surface area contributed by atoms with Crippen molar-refractivity contribution in [2.75, 3.05) is 10.6 Å². The largest absolute Gasteiger partial charge is 0.325 e. The van der Waals surface area contributed by atoms with Gasteiger partial charge in [0, 0.05) is 22.1 Å². The van der Waals surface area contributed by atoms with Gasteiger partial charge in [-0.05, 0) is 42.8 Å². The molecule has 0 fully saturated rings. The summed E-state index contributed by atoms with van der Waals surface area (Å²) in [7, 11) is 0. The third-order valence-electron chi connectivity index (χ3n) is 5.25. The predicted octanol–water partition coefficient (Wildman–Crippen LogP) is 3.52. The van der Waals surface area contributed by atoms with E-state index >= 15 is 0 Å². The van der Waals surface area contributed by atoms with Crippen LogP contribution in [0.5, 0.6) is 0 Å². The van der Waals surface area contributed by atoms with Crippen molar-refractivity contribution in [3.05, 3.63) is 69.8 Å². The predicted molar refractivity (Wildman–Crippen MR) is 105 cm³/mol. The molecule has 1 unspecified atom stereocenters. The van der Waals surface area contributed by atoms with Gasteiger partial charge in [0.1, 0.15) is 11.2 Å². The van der Waals surface area contributed by atoms with E-state index in [0.717, 1.165) is 32.7 Å². The zero-order chi connectivity index (χ0) is 18.8. The Balaban J connectivity index is 1.83. The van der Waals surface area contributed by atoms with E-state index in [4.69, 9.17) is 0 Å². The van der Waals surface area contributed by atoms with Gasteiger partial charge in [0.05, 0.1) is 11.4 Å². The molecule has 2 aromatic carbocycles. The van der Waals surface area contributed by atoms with Crippen LogP contribution in [-0.2, 0) is 15.0 Å².